The third-order valence-electron chi connectivity index (χ3n) is 2.84. The maximum atomic E-state index is 11.6. The van der Waals surface area contributed by atoms with Crippen molar-refractivity contribution < 1.29 is 33.3 Å². The molecule has 1 aromatic rings. The van der Waals surface area contributed by atoms with Gasteiger partial charge < -0.3 is 24.3 Å². The fourth-order valence-corrected chi connectivity index (χ4v) is 1.59. The van der Waals surface area contributed by atoms with E-state index in [1.807, 2.05) is 0 Å². The largest absolute Gasteiger partial charge is 0.497 e. The standard InChI is InChI=1S/C16H19NO7/c1-21-12-6-4-11(13(8-12)22-2)5-7-15(19)24-10-14(18)17-9-16(20)23-3/h4-8H,9-10H2,1-3H3,(H,17,18)/b7-5+. The Bertz CT molecular complexity index is 625. The Labute approximate surface area is 139 Å². The van der Waals surface area contributed by atoms with Crippen molar-refractivity contribution in [1.29, 1.82) is 0 Å². The van der Waals surface area contributed by atoms with Crippen molar-refractivity contribution >= 4 is 23.9 Å². The molecule has 0 heterocycles. The highest BCUT2D eigenvalue weighted by atomic mass is 16.5. The SMILES string of the molecule is COC(=O)CNC(=O)COC(=O)/C=C/c1ccc(OC)cc1OC. The van der Waals surface area contributed by atoms with Gasteiger partial charge in [-0.1, -0.05) is 0 Å². The van der Waals surface area contributed by atoms with Gasteiger partial charge in [-0.15, -0.1) is 0 Å². The minimum atomic E-state index is -0.707. The summed E-state index contributed by atoms with van der Waals surface area (Å²) in [5, 5.41) is 2.24. The van der Waals surface area contributed by atoms with Crippen LogP contribution in [0, 0.1) is 0 Å². The molecule has 0 aliphatic carbocycles. The molecule has 0 fully saturated rings. The summed E-state index contributed by atoms with van der Waals surface area (Å²) in [6.07, 6.45) is 2.66. The van der Waals surface area contributed by atoms with E-state index in [0.717, 1.165) is 6.08 Å². The lowest BCUT2D eigenvalue weighted by atomic mass is 10.2. The van der Waals surface area contributed by atoms with Gasteiger partial charge in [0.25, 0.3) is 5.91 Å². The second kappa shape index (κ2) is 9.88. The molecular formula is C16H19NO7. The van der Waals surface area contributed by atoms with E-state index in [1.54, 1.807) is 18.2 Å². The van der Waals surface area contributed by atoms with Crippen molar-refractivity contribution in [2.75, 3.05) is 34.5 Å². The van der Waals surface area contributed by atoms with Crippen molar-refractivity contribution in [1.82, 2.24) is 5.32 Å². The minimum absolute atomic E-state index is 0.286. The van der Waals surface area contributed by atoms with E-state index in [-0.39, 0.29) is 6.54 Å². The zero-order chi connectivity index (χ0) is 17.9. The number of benzene rings is 1. The van der Waals surface area contributed by atoms with E-state index in [0.29, 0.717) is 17.1 Å². The number of ether oxygens (including phenoxy) is 4. The van der Waals surface area contributed by atoms with Gasteiger partial charge in [0.2, 0.25) is 0 Å². The molecule has 0 aliphatic heterocycles. The monoisotopic (exact) mass is 337 g/mol. The summed E-state index contributed by atoms with van der Waals surface area (Å²) in [7, 11) is 4.23. The molecule has 1 rings (SSSR count). The van der Waals surface area contributed by atoms with Crippen LogP contribution in [0.3, 0.4) is 0 Å². The summed E-state index contributed by atoms with van der Waals surface area (Å²) in [4.78, 5) is 33.8. The molecule has 1 amide bonds. The zero-order valence-electron chi connectivity index (χ0n) is 13.7. The Morgan fingerprint density at radius 1 is 1.12 bits per heavy atom. The molecule has 0 aromatic heterocycles. The number of carbonyl (C=O) groups is 3. The number of methoxy groups -OCH3 is 3. The average Bonchev–Trinajstić information content (AvgIpc) is 2.62. The predicted octanol–water partition coefficient (Wildman–Crippen LogP) is 0.549. The van der Waals surface area contributed by atoms with Crippen LogP contribution in [-0.4, -0.2) is 52.3 Å². The van der Waals surface area contributed by atoms with Crippen LogP contribution in [0.15, 0.2) is 24.3 Å². The van der Waals surface area contributed by atoms with Crippen molar-refractivity contribution in [3.63, 3.8) is 0 Å². The fraction of sp³-hybridized carbons (Fsp3) is 0.312. The number of rotatable bonds is 8. The summed E-state index contributed by atoms with van der Waals surface area (Å²) in [5.74, 6) is -0.769. The summed E-state index contributed by atoms with van der Waals surface area (Å²) in [6.45, 7) is -0.786. The smallest absolute Gasteiger partial charge is 0.331 e. The van der Waals surface area contributed by atoms with Crippen LogP contribution in [0.5, 0.6) is 11.5 Å². The van der Waals surface area contributed by atoms with Gasteiger partial charge in [-0.25, -0.2) is 4.79 Å². The number of hydrogen-bond acceptors (Lipinski definition) is 7. The molecule has 0 radical (unpaired) electrons. The molecule has 0 saturated heterocycles. The molecule has 0 bridgehead atoms. The van der Waals surface area contributed by atoms with Gasteiger partial charge in [-0.3, -0.25) is 9.59 Å². The lowest BCUT2D eigenvalue weighted by molar-refractivity contribution is -0.145. The molecule has 0 saturated carbocycles. The van der Waals surface area contributed by atoms with Crippen LogP contribution in [0.4, 0.5) is 0 Å². The Kier molecular flexibility index (Phi) is 7.83. The lowest BCUT2D eigenvalue weighted by Crippen LogP contribution is -2.33. The van der Waals surface area contributed by atoms with Gasteiger partial charge in [0.1, 0.15) is 18.0 Å². The average molecular weight is 337 g/mol. The van der Waals surface area contributed by atoms with Crippen LogP contribution < -0.4 is 14.8 Å². The van der Waals surface area contributed by atoms with Crippen LogP contribution in [0.1, 0.15) is 5.56 Å². The first-order valence-corrected chi connectivity index (χ1v) is 6.90. The first-order valence-electron chi connectivity index (χ1n) is 6.90. The number of nitrogens with one attached hydrogen (secondary N) is 1. The van der Waals surface area contributed by atoms with Crippen LogP contribution in [0.2, 0.25) is 0 Å². The van der Waals surface area contributed by atoms with E-state index in [2.05, 4.69) is 10.1 Å². The second-order valence-electron chi connectivity index (χ2n) is 4.40. The van der Waals surface area contributed by atoms with E-state index in [9.17, 15) is 14.4 Å². The number of esters is 2. The highest BCUT2D eigenvalue weighted by Gasteiger charge is 2.08. The Morgan fingerprint density at radius 2 is 1.88 bits per heavy atom. The fourth-order valence-electron chi connectivity index (χ4n) is 1.59. The molecule has 130 valence electrons. The molecule has 0 aliphatic rings. The van der Waals surface area contributed by atoms with Gasteiger partial charge >= 0.3 is 11.9 Å². The molecule has 24 heavy (non-hydrogen) atoms. The first kappa shape index (κ1) is 19.0. The Morgan fingerprint density at radius 3 is 2.50 bits per heavy atom. The molecule has 0 atom stereocenters. The molecule has 0 spiro atoms. The van der Waals surface area contributed by atoms with Crippen LogP contribution in [0.25, 0.3) is 6.08 Å². The third kappa shape index (κ3) is 6.39. The summed E-state index contributed by atoms with van der Waals surface area (Å²) >= 11 is 0. The second-order valence-corrected chi connectivity index (χ2v) is 4.40. The lowest BCUT2D eigenvalue weighted by Gasteiger charge is -2.07. The number of carbonyl (C=O) groups excluding carboxylic acids is 3. The highest BCUT2D eigenvalue weighted by Crippen LogP contribution is 2.25. The maximum absolute atomic E-state index is 11.6. The van der Waals surface area contributed by atoms with E-state index < -0.39 is 24.5 Å². The normalized spacial score (nSPS) is 10.1. The van der Waals surface area contributed by atoms with Crippen molar-refractivity contribution in [3.05, 3.63) is 29.8 Å². The predicted molar refractivity (Wildman–Crippen MR) is 84.6 cm³/mol. The quantitative estimate of drug-likeness (QED) is 0.546. The molecule has 0 unspecified atom stereocenters. The first-order chi connectivity index (χ1) is 11.5. The minimum Gasteiger partial charge on any atom is -0.497 e. The van der Waals surface area contributed by atoms with Crippen LogP contribution >= 0.6 is 0 Å². The van der Waals surface area contributed by atoms with Gasteiger partial charge in [0.15, 0.2) is 6.61 Å². The third-order valence-corrected chi connectivity index (χ3v) is 2.84. The molecule has 8 heteroatoms. The molecule has 1 N–H and O–H groups in total. The van der Waals surface area contributed by atoms with Gasteiger partial charge in [-0.05, 0) is 18.2 Å². The van der Waals surface area contributed by atoms with Gasteiger partial charge in [0, 0.05) is 17.7 Å². The van der Waals surface area contributed by atoms with Crippen molar-refractivity contribution in [2.24, 2.45) is 0 Å². The van der Waals surface area contributed by atoms with E-state index in [1.165, 1.54) is 27.4 Å². The zero-order valence-corrected chi connectivity index (χ0v) is 13.7. The summed E-state index contributed by atoms with van der Waals surface area (Å²) in [6, 6.07) is 5.10. The van der Waals surface area contributed by atoms with Crippen LogP contribution in [-0.2, 0) is 23.9 Å². The van der Waals surface area contributed by atoms with Gasteiger partial charge in [0.05, 0.1) is 21.3 Å². The Balaban J connectivity index is 2.51. The number of amides is 1. The van der Waals surface area contributed by atoms with Crippen molar-refractivity contribution in [2.45, 2.75) is 0 Å². The summed E-state index contributed by atoms with van der Waals surface area (Å²) in [5.41, 5.74) is 0.644. The summed E-state index contributed by atoms with van der Waals surface area (Å²) < 4.78 is 19.4. The molecular weight excluding hydrogens is 318 g/mol. The molecule has 1 aromatic carbocycles. The Hall–Kier alpha value is -3.03. The topological polar surface area (TPSA) is 100 Å². The van der Waals surface area contributed by atoms with Gasteiger partial charge in [-0.2, -0.15) is 0 Å². The van der Waals surface area contributed by atoms with E-state index in [4.69, 9.17) is 14.2 Å². The number of hydrogen-bond donors (Lipinski definition) is 1. The van der Waals surface area contributed by atoms with Crippen molar-refractivity contribution in [3.8, 4) is 11.5 Å². The molecule has 8 nitrogen and oxygen atoms in total. The maximum Gasteiger partial charge on any atom is 0.331 e. The van der Waals surface area contributed by atoms with E-state index >= 15 is 0 Å². The highest BCUT2D eigenvalue weighted by molar-refractivity contribution is 5.90.